The Balaban J connectivity index is 1.21. The molecule has 3 aromatic heterocycles. The van der Waals surface area contributed by atoms with Crippen LogP contribution in [0.2, 0.25) is 0 Å². The summed E-state index contributed by atoms with van der Waals surface area (Å²) in [5.74, 6) is 0.896. The lowest BCUT2D eigenvalue weighted by Crippen LogP contribution is -2.04. The van der Waals surface area contributed by atoms with Gasteiger partial charge < -0.3 is 4.42 Å². The average molecular weight is 839 g/mol. The Bertz CT molecular complexity index is 3580. The lowest BCUT2D eigenvalue weighted by molar-refractivity contribution is 0.670. The molecule has 12 rings (SSSR count). The molecule has 0 aliphatic heterocycles. The van der Waals surface area contributed by atoms with Gasteiger partial charge in [0.05, 0.1) is 20.1 Å². The first-order valence-corrected chi connectivity index (χ1v) is 20.3. The van der Waals surface area contributed by atoms with Crippen molar-refractivity contribution in [2.24, 2.45) is 0 Å². The van der Waals surface area contributed by atoms with Crippen LogP contribution in [0.3, 0.4) is 0 Å². The molecule has 0 fully saturated rings. The molecular formula is C53H31IN2O. The van der Waals surface area contributed by atoms with Gasteiger partial charge >= 0.3 is 0 Å². The number of hydrogen-bond acceptors (Lipinski definition) is 2. The molecule has 0 saturated carbocycles. The summed E-state index contributed by atoms with van der Waals surface area (Å²) < 4.78 is 10.4. The summed E-state index contributed by atoms with van der Waals surface area (Å²) in [6, 6.07) is 67.6. The molecule has 4 heteroatoms. The molecule has 0 bridgehead atoms. The highest BCUT2D eigenvalue weighted by Gasteiger charge is 2.25. The van der Waals surface area contributed by atoms with Crippen LogP contribution in [0.5, 0.6) is 0 Å². The number of furan rings is 1. The summed E-state index contributed by atoms with van der Waals surface area (Å²) in [6.07, 6.45) is 0. The van der Waals surface area contributed by atoms with Crippen LogP contribution in [-0.4, -0.2) is 9.55 Å². The van der Waals surface area contributed by atoms with Crippen molar-refractivity contribution in [2.75, 3.05) is 0 Å². The second kappa shape index (κ2) is 12.6. The Morgan fingerprint density at radius 2 is 1.07 bits per heavy atom. The molecule has 3 heterocycles. The van der Waals surface area contributed by atoms with E-state index >= 15 is 0 Å². The molecule has 0 aliphatic rings. The Morgan fingerprint density at radius 1 is 0.439 bits per heavy atom. The first-order valence-electron chi connectivity index (χ1n) is 19.2. The highest BCUT2D eigenvalue weighted by Crippen LogP contribution is 2.46. The topological polar surface area (TPSA) is 31.0 Å². The molecule has 0 aliphatic carbocycles. The molecule has 12 aromatic rings. The van der Waals surface area contributed by atoms with E-state index in [9.17, 15) is 0 Å². The number of nitrogens with zero attached hydrogens (tertiary/aromatic N) is 2. The van der Waals surface area contributed by atoms with E-state index < -0.39 is 0 Å². The monoisotopic (exact) mass is 838 g/mol. The lowest BCUT2D eigenvalue weighted by Gasteiger charge is -2.17. The molecule has 266 valence electrons. The molecule has 0 spiro atoms. The predicted molar refractivity (Wildman–Crippen MR) is 247 cm³/mol. The third-order valence-electron chi connectivity index (χ3n) is 11.6. The Labute approximate surface area is 341 Å². The summed E-state index contributed by atoms with van der Waals surface area (Å²) in [6.45, 7) is 0. The number of aromatic nitrogens is 2. The molecule has 0 N–H and O–H groups in total. The van der Waals surface area contributed by atoms with Crippen molar-refractivity contribution in [1.82, 2.24) is 9.55 Å². The van der Waals surface area contributed by atoms with Crippen LogP contribution in [0.15, 0.2) is 192 Å². The Hall–Kier alpha value is -6.76. The van der Waals surface area contributed by atoms with E-state index in [1.165, 1.54) is 38.1 Å². The van der Waals surface area contributed by atoms with E-state index in [2.05, 4.69) is 215 Å². The SMILES string of the molecule is Ic1c(-n2c3ccc(-c4ccccc4)cc3c3c4ccccc4ccc32)nc2ccccc2c1-c1cc(-c2ccccc2)cc2c1oc1cc3ccccc3cc12. The zero-order chi connectivity index (χ0) is 37.6. The van der Waals surface area contributed by atoms with Crippen LogP contribution < -0.4 is 0 Å². The molecule has 0 radical (unpaired) electrons. The maximum absolute atomic E-state index is 6.98. The normalized spacial score (nSPS) is 11.9. The zero-order valence-electron chi connectivity index (χ0n) is 30.6. The highest BCUT2D eigenvalue weighted by molar-refractivity contribution is 14.1. The summed E-state index contributed by atoms with van der Waals surface area (Å²) in [4.78, 5) is 5.53. The molecule has 3 nitrogen and oxygen atoms in total. The van der Waals surface area contributed by atoms with Crippen LogP contribution in [0.25, 0.3) is 115 Å². The van der Waals surface area contributed by atoms with Gasteiger partial charge in [-0.3, -0.25) is 4.57 Å². The van der Waals surface area contributed by atoms with Gasteiger partial charge in [-0.25, -0.2) is 4.98 Å². The van der Waals surface area contributed by atoms with Gasteiger partial charge in [-0.1, -0.05) is 140 Å². The molecule has 0 atom stereocenters. The lowest BCUT2D eigenvalue weighted by atomic mass is 9.93. The van der Waals surface area contributed by atoms with Gasteiger partial charge in [-0.15, -0.1) is 0 Å². The highest BCUT2D eigenvalue weighted by atomic mass is 127. The van der Waals surface area contributed by atoms with Crippen molar-refractivity contribution in [2.45, 2.75) is 0 Å². The van der Waals surface area contributed by atoms with Crippen molar-refractivity contribution in [3.63, 3.8) is 0 Å². The van der Waals surface area contributed by atoms with Crippen molar-refractivity contribution < 1.29 is 4.42 Å². The van der Waals surface area contributed by atoms with Crippen LogP contribution in [0, 0.1) is 3.57 Å². The summed E-state index contributed by atoms with van der Waals surface area (Å²) >= 11 is 2.56. The minimum absolute atomic E-state index is 0.876. The van der Waals surface area contributed by atoms with E-state index in [1.807, 2.05) is 0 Å². The van der Waals surface area contributed by atoms with Gasteiger partial charge in [0.15, 0.2) is 5.82 Å². The smallest absolute Gasteiger partial charge is 0.152 e. The average Bonchev–Trinajstić information content (AvgIpc) is 3.80. The maximum atomic E-state index is 6.98. The molecule has 57 heavy (non-hydrogen) atoms. The first kappa shape index (κ1) is 32.5. The van der Waals surface area contributed by atoms with Crippen LogP contribution in [0.4, 0.5) is 0 Å². The molecule has 9 aromatic carbocycles. The van der Waals surface area contributed by atoms with Crippen molar-refractivity contribution >= 4 is 98.8 Å². The van der Waals surface area contributed by atoms with E-state index in [0.29, 0.717) is 0 Å². The quantitative estimate of drug-likeness (QED) is 0.165. The summed E-state index contributed by atoms with van der Waals surface area (Å²) in [7, 11) is 0. The fourth-order valence-corrected chi connectivity index (χ4v) is 9.91. The molecule has 0 amide bonds. The van der Waals surface area contributed by atoms with Crippen molar-refractivity contribution in [1.29, 1.82) is 0 Å². The molecule has 0 saturated heterocycles. The van der Waals surface area contributed by atoms with Gasteiger partial charge in [0.1, 0.15) is 11.2 Å². The van der Waals surface area contributed by atoms with E-state index in [-0.39, 0.29) is 0 Å². The summed E-state index contributed by atoms with van der Waals surface area (Å²) in [5, 5.41) is 10.5. The Morgan fingerprint density at radius 3 is 1.86 bits per heavy atom. The third-order valence-corrected chi connectivity index (χ3v) is 12.6. The fourth-order valence-electron chi connectivity index (χ4n) is 8.96. The fraction of sp³-hybridized carbons (Fsp3) is 0. The van der Waals surface area contributed by atoms with Gasteiger partial charge in [0.2, 0.25) is 0 Å². The van der Waals surface area contributed by atoms with Gasteiger partial charge in [-0.05, 0) is 115 Å². The van der Waals surface area contributed by atoms with Gasteiger partial charge in [0.25, 0.3) is 0 Å². The Kier molecular flexibility index (Phi) is 7.20. The molecular weight excluding hydrogens is 807 g/mol. The largest absolute Gasteiger partial charge is 0.455 e. The van der Waals surface area contributed by atoms with Crippen LogP contribution >= 0.6 is 22.6 Å². The van der Waals surface area contributed by atoms with E-state index in [0.717, 1.165) is 80.9 Å². The molecule has 0 unspecified atom stereocenters. The number of rotatable bonds is 4. The number of hydrogen-bond donors (Lipinski definition) is 0. The number of benzene rings is 9. The minimum Gasteiger partial charge on any atom is -0.455 e. The number of fused-ring (bicyclic) bond motifs is 10. The minimum atomic E-state index is 0.876. The predicted octanol–water partition coefficient (Wildman–Crippen LogP) is 15.1. The standard InChI is InChI=1S/C53H31IN2O/c54-51-50(44-30-38(33-15-5-2-6-16-33)29-42-41-27-35-18-7-8-19-36(35)31-48(41)57-52(42)44)40-21-11-12-22-45(40)55-53(51)56-46-25-24-37(32-13-3-1-4-14-32)28-43(46)49-39-20-10-9-17-34(39)23-26-47(49)56/h1-31H. The summed E-state index contributed by atoms with van der Waals surface area (Å²) in [5.41, 5.74) is 11.8. The van der Waals surface area contributed by atoms with E-state index in [4.69, 9.17) is 9.40 Å². The van der Waals surface area contributed by atoms with Gasteiger partial charge in [-0.2, -0.15) is 0 Å². The maximum Gasteiger partial charge on any atom is 0.152 e. The third kappa shape index (κ3) is 5.00. The van der Waals surface area contributed by atoms with Gasteiger partial charge in [0, 0.05) is 38.1 Å². The first-order chi connectivity index (χ1) is 28.2. The number of para-hydroxylation sites is 1. The zero-order valence-corrected chi connectivity index (χ0v) is 32.7. The van der Waals surface area contributed by atoms with Crippen molar-refractivity contribution in [3.8, 4) is 39.2 Å². The van der Waals surface area contributed by atoms with Crippen molar-refractivity contribution in [3.05, 3.63) is 192 Å². The second-order valence-electron chi connectivity index (χ2n) is 14.8. The van der Waals surface area contributed by atoms with Crippen LogP contribution in [0.1, 0.15) is 0 Å². The second-order valence-corrected chi connectivity index (χ2v) is 15.9. The van der Waals surface area contributed by atoms with E-state index in [1.54, 1.807) is 0 Å². The number of pyridine rings is 1. The number of halogens is 1. The van der Waals surface area contributed by atoms with Crippen LogP contribution in [-0.2, 0) is 0 Å².